The van der Waals surface area contributed by atoms with E-state index in [9.17, 15) is 10.1 Å². The molecule has 0 amide bonds. The second-order valence-corrected chi connectivity index (χ2v) is 6.97. The normalized spacial score (nSPS) is 11.6. The standard InChI is InChI=1S/C20H12BrN3O2/c21-15-12-14(9-10-17(15)24(25)26)22-18-7-3-4-8-19(18)23-16-6-2-1-5-13(16)11-20(22)23/h1-12H. The number of nitro benzene ring substituents is 1. The smallest absolute Gasteiger partial charge is 0.283 e. The fourth-order valence-electron chi connectivity index (χ4n) is 3.58. The van der Waals surface area contributed by atoms with Gasteiger partial charge in [-0.15, -0.1) is 0 Å². The second-order valence-electron chi connectivity index (χ2n) is 6.11. The van der Waals surface area contributed by atoms with E-state index in [0.717, 1.165) is 33.3 Å². The van der Waals surface area contributed by atoms with Crippen molar-refractivity contribution in [2.24, 2.45) is 0 Å². The van der Waals surface area contributed by atoms with E-state index in [1.165, 1.54) is 6.07 Å². The number of nitrogens with zero attached hydrogens (tertiary/aromatic N) is 3. The van der Waals surface area contributed by atoms with E-state index in [1.807, 2.05) is 24.3 Å². The molecule has 0 aliphatic carbocycles. The zero-order valence-corrected chi connectivity index (χ0v) is 15.1. The second kappa shape index (κ2) is 5.44. The molecule has 0 atom stereocenters. The molecule has 0 spiro atoms. The van der Waals surface area contributed by atoms with Gasteiger partial charge in [-0.3, -0.25) is 19.1 Å². The van der Waals surface area contributed by atoms with E-state index in [4.69, 9.17) is 0 Å². The van der Waals surface area contributed by atoms with Crippen molar-refractivity contribution >= 4 is 49.2 Å². The maximum Gasteiger partial charge on any atom is 0.283 e. The number of benzene rings is 3. The van der Waals surface area contributed by atoms with E-state index in [-0.39, 0.29) is 10.6 Å². The van der Waals surface area contributed by atoms with Crippen LogP contribution in [0.1, 0.15) is 0 Å². The molecule has 3 aromatic carbocycles. The predicted molar refractivity (Wildman–Crippen MR) is 106 cm³/mol. The van der Waals surface area contributed by atoms with Gasteiger partial charge in [-0.25, -0.2) is 0 Å². The first-order chi connectivity index (χ1) is 12.6. The molecule has 0 unspecified atom stereocenters. The van der Waals surface area contributed by atoms with Crippen LogP contribution in [0.25, 0.3) is 33.3 Å². The van der Waals surface area contributed by atoms with Crippen molar-refractivity contribution in [1.82, 2.24) is 8.97 Å². The number of rotatable bonds is 2. The Bertz CT molecular complexity index is 1330. The van der Waals surface area contributed by atoms with Crippen LogP contribution in [0.2, 0.25) is 0 Å². The van der Waals surface area contributed by atoms with Gasteiger partial charge in [0, 0.05) is 17.1 Å². The molecule has 126 valence electrons. The summed E-state index contributed by atoms with van der Waals surface area (Å²) in [6.45, 7) is 0. The Morgan fingerprint density at radius 2 is 1.54 bits per heavy atom. The number of para-hydroxylation sites is 3. The molecular weight excluding hydrogens is 394 g/mol. The molecule has 5 aromatic rings. The fraction of sp³-hybridized carbons (Fsp3) is 0. The third kappa shape index (κ3) is 2.02. The summed E-state index contributed by atoms with van der Waals surface area (Å²) >= 11 is 3.33. The van der Waals surface area contributed by atoms with Crippen LogP contribution in [-0.2, 0) is 0 Å². The molecule has 0 N–H and O–H groups in total. The Balaban J connectivity index is 1.92. The zero-order valence-electron chi connectivity index (χ0n) is 13.5. The third-order valence-electron chi connectivity index (χ3n) is 4.67. The van der Waals surface area contributed by atoms with Gasteiger partial charge in [0.15, 0.2) is 0 Å². The van der Waals surface area contributed by atoms with Gasteiger partial charge >= 0.3 is 0 Å². The molecule has 0 radical (unpaired) electrons. The Labute approximate surface area is 156 Å². The quantitative estimate of drug-likeness (QED) is 0.279. The maximum atomic E-state index is 11.1. The van der Waals surface area contributed by atoms with Crippen molar-refractivity contribution in [3.63, 3.8) is 0 Å². The highest BCUT2D eigenvalue weighted by molar-refractivity contribution is 9.10. The van der Waals surface area contributed by atoms with Gasteiger partial charge in [0.1, 0.15) is 5.65 Å². The van der Waals surface area contributed by atoms with Crippen LogP contribution in [0, 0.1) is 10.1 Å². The minimum atomic E-state index is -0.386. The first-order valence-corrected chi connectivity index (χ1v) is 8.88. The molecule has 5 nitrogen and oxygen atoms in total. The van der Waals surface area contributed by atoms with Crippen molar-refractivity contribution in [3.05, 3.63) is 87.4 Å². The van der Waals surface area contributed by atoms with Crippen molar-refractivity contribution in [1.29, 1.82) is 0 Å². The molecule has 0 aliphatic heterocycles. The number of hydrogen-bond donors (Lipinski definition) is 0. The molecular formula is C20H12BrN3O2. The molecule has 26 heavy (non-hydrogen) atoms. The minimum Gasteiger partial charge on any atom is -0.294 e. The van der Waals surface area contributed by atoms with E-state index in [0.29, 0.717) is 4.47 Å². The van der Waals surface area contributed by atoms with Gasteiger partial charge in [-0.05, 0) is 52.3 Å². The third-order valence-corrected chi connectivity index (χ3v) is 5.31. The van der Waals surface area contributed by atoms with Gasteiger partial charge in [0.25, 0.3) is 5.69 Å². The summed E-state index contributed by atoms with van der Waals surface area (Å²) in [5.74, 6) is 0. The molecule has 6 heteroatoms. The van der Waals surface area contributed by atoms with Crippen LogP contribution in [0.15, 0.2) is 77.3 Å². The molecule has 0 fully saturated rings. The average Bonchev–Trinajstić information content (AvgIpc) is 3.15. The van der Waals surface area contributed by atoms with Crippen LogP contribution >= 0.6 is 15.9 Å². The van der Waals surface area contributed by atoms with Gasteiger partial charge in [0.2, 0.25) is 0 Å². The Hall–Kier alpha value is -3.12. The molecule has 5 rings (SSSR count). The van der Waals surface area contributed by atoms with Gasteiger partial charge in [0.05, 0.1) is 25.9 Å². The van der Waals surface area contributed by atoms with Crippen molar-refractivity contribution in [3.8, 4) is 5.69 Å². The van der Waals surface area contributed by atoms with E-state index in [1.54, 1.807) is 12.1 Å². The summed E-state index contributed by atoms with van der Waals surface area (Å²) < 4.78 is 4.82. The lowest BCUT2D eigenvalue weighted by atomic mass is 10.2. The lowest BCUT2D eigenvalue weighted by Gasteiger charge is -2.06. The first-order valence-electron chi connectivity index (χ1n) is 8.09. The van der Waals surface area contributed by atoms with E-state index in [2.05, 4.69) is 55.2 Å². The summed E-state index contributed by atoms with van der Waals surface area (Å²) in [4.78, 5) is 10.7. The maximum absolute atomic E-state index is 11.1. The van der Waals surface area contributed by atoms with E-state index >= 15 is 0 Å². The summed E-state index contributed by atoms with van der Waals surface area (Å²) in [7, 11) is 0. The average molecular weight is 406 g/mol. The highest BCUT2D eigenvalue weighted by Gasteiger charge is 2.17. The van der Waals surface area contributed by atoms with Crippen molar-refractivity contribution in [2.45, 2.75) is 0 Å². The SMILES string of the molecule is O=[N+]([O-])c1ccc(-n2c3ccccc3n3c4ccccc4cc23)cc1Br. The van der Waals surface area contributed by atoms with Gasteiger partial charge in [-0.1, -0.05) is 30.3 Å². The molecule has 0 aliphatic rings. The van der Waals surface area contributed by atoms with Gasteiger partial charge < -0.3 is 0 Å². The van der Waals surface area contributed by atoms with Crippen molar-refractivity contribution in [2.75, 3.05) is 0 Å². The summed E-state index contributed by atoms with van der Waals surface area (Å²) in [5, 5.41) is 12.3. The highest BCUT2D eigenvalue weighted by atomic mass is 79.9. The van der Waals surface area contributed by atoms with Crippen LogP contribution in [0.5, 0.6) is 0 Å². The van der Waals surface area contributed by atoms with Crippen LogP contribution in [0.4, 0.5) is 5.69 Å². The van der Waals surface area contributed by atoms with Crippen LogP contribution in [-0.4, -0.2) is 13.9 Å². The topological polar surface area (TPSA) is 52.5 Å². The molecule has 0 saturated heterocycles. The van der Waals surface area contributed by atoms with Crippen LogP contribution in [0.3, 0.4) is 0 Å². The largest absolute Gasteiger partial charge is 0.294 e. The molecule has 2 heterocycles. The number of imidazole rings is 1. The first kappa shape index (κ1) is 15.2. The zero-order chi connectivity index (χ0) is 17.8. The predicted octanol–water partition coefficient (Wildman–Crippen LogP) is 5.71. The number of fused-ring (bicyclic) bond motifs is 5. The monoisotopic (exact) mass is 405 g/mol. The molecule has 2 aromatic heterocycles. The Kier molecular flexibility index (Phi) is 3.17. The Morgan fingerprint density at radius 1 is 0.846 bits per heavy atom. The lowest BCUT2D eigenvalue weighted by Crippen LogP contribution is -1.96. The molecule has 0 bridgehead atoms. The number of halogens is 1. The fourth-order valence-corrected chi connectivity index (χ4v) is 4.09. The van der Waals surface area contributed by atoms with Gasteiger partial charge in [-0.2, -0.15) is 0 Å². The summed E-state index contributed by atoms with van der Waals surface area (Å²) in [5.41, 5.74) is 5.23. The highest BCUT2D eigenvalue weighted by Crippen LogP contribution is 2.33. The summed E-state index contributed by atoms with van der Waals surface area (Å²) in [6, 6.07) is 23.7. The minimum absolute atomic E-state index is 0.0572. The van der Waals surface area contributed by atoms with Crippen molar-refractivity contribution < 1.29 is 4.92 Å². The van der Waals surface area contributed by atoms with E-state index < -0.39 is 0 Å². The molecule has 0 saturated carbocycles. The summed E-state index contributed by atoms with van der Waals surface area (Å²) in [6.07, 6.45) is 0. The number of hydrogen-bond acceptors (Lipinski definition) is 2. The number of nitro groups is 1. The van der Waals surface area contributed by atoms with Crippen LogP contribution < -0.4 is 0 Å². The lowest BCUT2D eigenvalue weighted by molar-refractivity contribution is -0.385. The Morgan fingerprint density at radius 3 is 2.27 bits per heavy atom. The number of aromatic nitrogens is 2.